The Morgan fingerprint density at radius 2 is 2.22 bits per heavy atom. The summed E-state index contributed by atoms with van der Waals surface area (Å²) in [7, 11) is 1.53. The topological polar surface area (TPSA) is 45.0 Å². The van der Waals surface area contributed by atoms with Gasteiger partial charge in [-0.15, -0.1) is 0 Å². The second-order valence-corrected chi connectivity index (χ2v) is 4.21. The van der Waals surface area contributed by atoms with Crippen molar-refractivity contribution in [2.75, 3.05) is 7.11 Å². The first kappa shape index (κ1) is 14.5. The molecule has 98 valence electrons. The molecular weight excluding hydrogens is 231 g/mol. The molecule has 4 heteroatoms. The second-order valence-electron chi connectivity index (χ2n) is 4.21. The number of benzene rings is 1. The molecule has 0 aromatic heterocycles. The average molecular weight is 250 g/mol. The van der Waals surface area contributed by atoms with Gasteiger partial charge >= 0.3 is 0 Å². The first-order chi connectivity index (χ1) is 8.63. The van der Waals surface area contributed by atoms with E-state index in [1.165, 1.54) is 13.2 Å². The Bertz CT molecular complexity index is 428. The fraction of sp³-hybridized carbons (Fsp3) is 0.500. The Balaban J connectivity index is 2.90. The van der Waals surface area contributed by atoms with Crippen molar-refractivity contribution in [2.24, 2.45) is 0 Å². The molecule has 0 spiro atoms. The zero-order chi connectivity index (χ0) is 13.5. The van der Waals surface area contributed by atoms with Gasteiger partial charge in [0.15, 0.2) is 0 Å². The summed E-state index contributed by atoms with van der Waals surface area (Å²) < 4.78 is 19.0. The lowest BCUT2D eigenvalue weighted by atomic mass is 10.0. The quantitative estimate of drug-likeness (QED) is 0.843. The maximum atomic E-state index is 13.8. The molecule has 0 saturated carbocycles. The summed E-state index contributed by atoms with van der Waals surface area (Å²) in [6.07, 6.45) is 1.24. The highest BCUT2D eigenvalue weighted by Gasteiger charge is 2.18. The van der Waals surface area contributed by atoms with Crippen LogP contribution in [-0.2, 0) is 0 Å². The van der Waals surface area contributed by atoms with Crippen LogP contribution in [0.5, 0.6) is 5.75 Å². The number of nitrogens with zero attached hydrogens (tertiary/aromatic N) is 1. The smallest absolute Gasteiger partial charge is 0.131 e. The number of ether oxygens (including phenoxy) is 1. The Hall–Kier alpha value is -1.60. The lowest BCUT2D eigenvalue weighted by Gasteiger charge is -2.22. The molecule has 0 heterocycles. The zero-order valence-corrected chi connectivity index (χ0v) is 11.0. The van der Waals surface area contributed by atoms with Crippen LogP contribution in [-0.4, -0.2) is 13.2 Å². The van der Waals surface area contributed by atoms with Gasteiger partial charge < -0.3 is 10.1 Å². The number of methoxy groups -OCH3 is 1. The summed E-state index contributed by atoms with van der Waals surface area (Å²) in [5.74, 6) is 0.239. The summed E-state index contributed by atoms with van der Waals surface area (Å²) in [5.41, 5.74) is 0.511. The van der Waals surface area contributed by atoms with Crippen LogP contribution in [0.1, 0.15) is 38.3 Å². The van der Waals surface area contributed by atoms with Crippen molar-refractivity contribution in [1.29, 1.82) is 5.26 Å². The molecule has 2 atom stereocenters. The maximum absolute atomic E-state index is 13.8. The Labute approximate surface area is 108 Å². The van der Waals surface area contributed by atoms with Crippen LogP contribution < -0.4 is 10.1 Å². The Morgan fingerprint density at radius 1 is 1.50 bits per heavy atom. The van der Waals surface area contributed by atoms with E-state index >= 15 is 0 Å². The minimum absolute atomic E-state index is 0.0642. The van der Waals surface area contributed by atoms with Gasteiger partial charge in [-0.1, -0.05) is 13.0 Å². The molecular formula is C14H19FN2O. The van der Waals surface area contributed by atoms with Crippen molar-refractivity contribution in [1.82, 2.24) is 5.32 Å². The lowest BCUT2D eigenvalue weighted by molar-refractivity contribution is 0.381. The molecule has 18 heavy (non-hydrogen) atoms. The van der Waals surface area contributed by atoms with E-state index in [4.69, 9.17) is 10.00 Å². The number of nitriles is 1. The van der Waals surface area contributed by atoms with E-state index in [0.717, 1.165) is 6.42 Å². The van der Waals surface area contributed by atoms with Crippen molar-refractivity contribution in [2.45, 2.75) is 38.8 Å². The predicted molar refractivity (Wildman–Crippen MR) is 68.8 cm³/mol. The molecule has 3 nitrogen and oxygen atoms in total. The highest BCUT2D eigenvalue weighted by Crippen LogP contribution is 2.28. The highest BCUT2D eigenvalue weighted by molar-refractivity contribution is 5.37. The molecule has 0 aliphatic rings. The fourth-order valence-corrected chi connectivity index (χ4v) is 1.98. The minimum atomic E-state index is -0.291. The minimum Gasteiger partial charge on any atom is -0.496 e. The van der Waals surface area contributed by atoms with E-state index < -0.39 is 0 Å². The lowest BCUT2D eigenvalue weighted by Crippen LogP contribution is -2.31. The summed E-state index contributed by atoms with van der Waals surface area (Å²) >= 11 is 0. The van der Waals surface area contributed by atoms with Crippen LogP contribution in [0.3, 0.4) is 0 Å². The van der Waals surface area contributed by atoms with Crippen LogP contribution in [0.2, 0.25) is 0 Å². The molecule has 1 N–H and O–H groups in total. The van der Waals surface area contributed by atoms with Crippen molar-refractivity contribution in [3.63, 3.8) is 0 Å². The normalized spacial score (nSPS) is 13.7. The molecule has 1 rings (SSSR count). The van der Waals surface area contributed by atoms with Gasteiger partial charge in [-0.3, -0.25) is 0 Å². The highest BCUT2D eigenvalue weighted by atomic mass is 19.1. The molecule has 0 bridgehead atoms. The third kappa shape index (κ3) is 3.44. The summed E-state index contributed by atoms with van der Waals surface area (Å²) in [6.45, 7) is 3.88. The van der Waals surface area contributed by atoms with Gasteiger partial charge in [-0.2, -0.15) is 5.26 Å². The third-order valence-electron chi connectivity index (χ3n) is 2.98. The third-order valence-corrected chi connectivity index (χ3v) is 2.98. The molecule has 0 radical (unpaired) electrons. The number of nitrogens with one attached hydrogen (secondary N) is 1. The maximum Gasteiger partial charge on any atom is 0.131 e. The van der Waals surface area contributed by atoms with Crippen molar-refractivity contribution >= 4 is 0 Å². The van der Waals surface area contributed by atoms with Gasteiger partial charge in [0.05, 0.1) is 19.6 Å². The zero-order valence-electron chi connectivity index (χ0n) is 11.0. The van der Waals surface area contributed by atoms with Gasteiger partial charge in [0.2, 0.25) is 0 Å². The summed E-state index contributed by atoms with van der Waals surface area (Å²) in [4.78, 5) is 0. The summed E-state index contributed by atoms with van der Waals surface area (Å²) in [5, 5.41) is 12.0. The van der Waals surface area contributed by atoms with Crippen LogP contribution in [0.25, 0.3) is 0 Å². The predicted octanol–water partition coefficient (Wildman–Crippen LogP) is 3.18. The average Bonchev–Trinajstić information content (AvgIpc) is 2.37. The second kappa shape index (κ2) is 6.97. The first-order valence-corrected chi connectivity index (χ1v) is 6.09. The number of hydrogen-bond acceptors (Lipinski definition) is 3. The fourth-order valence-electron chi connectivity index (χ4n) is 1.98. The van der Waals surface area contributed by atoms with E-state index in [9.17, 15) is 4.39 Å². The van der Waals surface area contributed by atoms with Crippen LogP contribution in [0.4, 0.5) is 4.39 Å². The molecule has 0 amide bonds. The van der Waals surface area contributed by atoms with E-state index in [1.807, 2.05) is 13.8 Å². The Kier molecular flexibility index (Phi) is 5.60. The van der Waals surface area contributed by atoms with Gasteiger partial charge in [0.25, 0.3) is 0 Å². The van der Waals surface area contributed by atoms with E-state index in [2.05, 4.69) is 11.4 Å². The van der Waals surface area contributed by atoms with Crippen molar-refractivity contribution in [3.05, 3.63) is 29.6 Å². The number of hydrogen-bond donors (Lipinski definition) is 1. The van der Waals surface area contributed by atoms with Crippen LogP contribution in [0.15, 0.2) is 18.2 Å². The van der Waals surface area contributed by atoms with Gasteiger partial charge in [0, 0.05) is 17.6 Å². The standard InChI is InChI=1S/C14H19FN2O/c1-4-11(8-9-16)17-10(2)14-12(15)6-5-7-13(14)18-3/h5-7,10-11,17H,4,8H2,1-3H3. The van der Waals surface area contributed by atoms with E-state index in [-0.39, 0.29) is 17.9 Å². The van der Waals surface area contributed by atoms with Crippen LogP contribution >= 0.6 is 0 Å². The van der Waals surface area contributed by atoms with E-state index in [0.29, 0.717) is 17.7 Å². The Morgan fingerprint density at radius 3 is 2.78 bits per heavy atom. The van der Waals surface area contributed by atoms with Gasteiger partial charge in [-0.25, -0.2) is 4.39 Å². The van der Waals surface area contributed by atoms with Crippen molar-refractivity contribution in [3.8, 4) is 11.8 Å². The molecule has 1 aromatic rings. The van der Waals surface area contributed by atoms with Crippen LogP contribution in [0, 0.1) is 17.1 Å². The number of rotatable bonds is 6. The number of halogens is 1. The first-order valence-electron chi connectivity index (χ1n) is 6.09. The molecule has 1 aromatic carbocycles. The van der Waals surface area contributed by atoms with Gasteiger partial charge in [-0.05, 0) is 25.5 Å². The monoisotopic (exact) mass is 250 g/mol. The summed E-state index contributed by atoms with van der Waals surface area (Å²) in [6, 6.07) is 6.78. The SMILES string of the molecule is CCC(CC#N)NC(C)c1c(F)cccc1OC. The van der Waals surface area contributed by atoms with Crippen molar-refractivity contribution < 1.29 is 9.13 Å². The van der Waals surface area contributed by atoms with Gasteiger partial charge in [0.1, 0.15) is 11.6 Å². The van der Waals surface area contributed by atoms with E-state index in [1.54, 1.807) is 12.1 Å². The largest absolute Gasteiger partial charge is 0.496 e. The molecule has 2 unspecified atom stereocenters. The molecule has 0 aliphatic carbocycles. The molecule has 0 saturated heterocycles. The molecule has 0 fully saturated rings. The molecule has 0 aliphatic heterocycles.